The molecule has 0 aliphatic heterocycles. The van der Waals surface area contributed by atoms with Crippen molar-refractivity contribution in [3.05, 3.63) is 12.2 Å². The van der Waals surface area contributed by atoms with Gasteiger partial charge in [0.15, 0.2) is 5.78 Å². The zero-order valence-electron chi connectivity index (χ0n) is 7.29. The quantitative estimate of drug-likeness (QED) is 0.464. The Labute approximate surface area is 71.6 Å². The molecule has 0 saturated heterocycles. The van der Waals surface area contributed by atoms with Crippen molar-refractivity contribution in [2.45, 2.75) is 6.92 Å². The normalized spacial score (nSPS) is 10.2. The van der Waals surface area contributed by atoms with Gasteiger partial charge in [-0.1, -0.05) is 0 Å². The number of hydrogen-bond donors (Lipinski definition) is 1. The van der Waals surface area contributed by atoms with Crippen molar-refractivity contribution < 1.29 is 14.3 Å². The first-order chi connectivity index (χ1) is 5.66. The van der Waals surface area contributed by atoms with Gasteiger partial charge in [0.1, 0.15) is 0 Å². The van der Waals surface area contributed by atoms with E-state index in [1.807, 2.05) is 0 Å². The van der Waals surface area contributed by atoms with Gasteiger partial charge in [0.05, 0.1) is 6.61 Å². The van der Waals surface area contributed by atoms with Crippen LogP contribution in [0.1, 0.15) is 6.92 Å². The van der Waals surface area contributed by atoms with Gasteiger partial charge >= 0.3 is 0 Å². The van der Waals surface area contributed by atoms with E-state index >= 15 is 0 Å². The number of carbonyl (C=O) groups is 2. The lowest BCUT2D eigenvalue weighted by Crippen LogP contribution is -2.25. The highest BCUT2D eigenvalue weighted by atomic mass is 16.5. The van der Waals surface area contributed by atoms with Gasteiger partial charge in [-0.3, -0.25) is 9.59 Å². The molecule has 4 heteroatoms. The second kappa shape index (κ2) is 6.54. The Morgan fingerprint density at radius 1 is 1.42 bits per heavy atom. The van der Waals surface area contributed by atoms with E-state index in [2.05, 4.69) is 5.32 Å². The van der Waals surface area contributed by atoms with Crippen molar-refractivity contribution in [3.63, 3.8) is 0 Å². The number of methoxy groups -OCH3 is 1. The summed E-state index contributed by atoms with van der Waals surface area (Å²) in [5.74, 6) is -0.417. The van der Waals surface area contributed by atoms with E-state index in [0.717, 1.165) is 0 Å². The zero-order valence-corrected chi connectivity index (χ0v) is 7.29. The fourth-order valence-electron chi connectivity index (χ4n) is 0.528. The van der Waals surface area contributed by atoms with Crippen LogP contribution in [0.5, 0.6) is 0 Å². The molecule has 0 atom stereocenters. The van der Waals surface area contributed by atoms with Crippen LogP contribution in [0.2, 0.25) is 0 Å². The molecule has 12 heavy (non-hydrogen) atoms. The van der Waals surface area contributed by atoms with Gasteiger partial charge in [-0.05, 0) is 13.0 Å². The molecule has 0 aliphatic carbocycles. The number of allylic oxidation sites excluding steroid dienone is 1. The molecule has 1 N–H and O–H groups in total. The average molecular weight is 171 g/mol. The van der Waals surface area contributed by atoms with E-state index in [1.165, 1.54) is 19.1 Å². The Morgan fingerprint density at radius 2 is 2.08 bits per heavy atom. The number of ether oxygens (including phenoxy) is 1. The minimum absolute atomic E-state index is 0.142. The van der Waals surface area contributed by atoms with E-state index in [1.54, 1.807) is 7.11 Å². The molecule has 0 unspecified atom stereocenters. The number of rotatable bonds is 5. The van der Waals surface area contributed by atoms with Gasteiger partial charge in [0, 0.05) is 19.7 Å². The largest absolute Gasteiger partial charge is 0.383 e. The first-order valence-electron chi connectivity index (χ1n) is 3.62. The lowest BCUT2D eigenvalue weighted by Gasteiger charge is -1.98. The highest BCUT2D eigenvalue weighted by Gasteiger charge is 1.93. The van der Waals surface area contributed by atoms with Crippen LogP contribution in [0.4, 0.5) is 0 Å². The van der Waals surface area contributed by atoms with Crippen molar-refractivity contribution in [2.75, 3.05) is 20.3 Å². The molecule has 68 valence electrons. The molecule has 0 bridgehead atoms. The molecule has 0 aromatic rings. The summed E-state index contributed by atoms with van der Waals surface area (Å²) < 4.78 is 4.71. The smallest absolute Gasteiger partial charge is 0.244 e. The predicted octanol–water partition coefficient (Wildman–Crippen LogP) is -0.106. The van der Waals surface area contributed by atoms with Crippen LogP contribution < -0.4 is 5.32 Å². The van der Waals surface area contributed by atoms with Crippen molar-refractivity contribution in [3.8, 4) is 0 Å². The lowest BCUT2D eigenvalue weighted by atomic mass is 10.4. The van der Waals surface area contributed by atoms with Gasteiger partial charge in [-0.15, -0.1) is 0 Å². The maximum atomic E-state index is 10.8. The van der Waals surface area contributed by atoms with Gasteiger partial charge in [0.25, 0.3) is 0 Å². The molecule has 0 aliphatic rings. The van der Waals surface area contributed by atoms with Crippen molar-refractivity contribution in [1.82, 2.24) is 5.32 Å². The molecule has 0 radical (unpaired) electrons. The molecule has 0 fully saturated rings. The molecule has 1 amide bonds. The van der Waals surface area contributed by atoms with Crippen LogP contribution in [0, 0.1) is 0 Å². The number of ketones is 1. The van der Waals surface area contributed by atoms with E-state index in [-0.39, 0.29) is 11.7 Å². The van der Waals surface area contributed by atoms with Crippen molar-refractivity contribution in [2.24, 2.45) is 0 Å². The van der Waals surface area contributed by atoms with Crippen LogP contribution in [0.3, 0.4) is 0 Å². The Bertz CT molecular complexity index is 187. The SMILES string of the molecule is COCCNC(=O)/C=C/C(C)=O. The lowest BCUT2D eigenvalue weighted by molar-refractivity contribution is -0.117. The third-order valence-corrected chi connectivity index (χ3v) is 1.07. The van der Waals surface area contributed by atoms with Crippen LogP contribution >= 0.6 is 0 Å². The van der Waals surface area contributed by atoms with Gasteiger partial charge in [0.2, 0.25) is 5.91 Å². The first-order valence-corrected chi connectivity index (χ1v) is 3.62. The summed E-state index contributed by atoms with van der Waals surface area (Å²) in [6.07, 6.45) is 2.43. The Hall–Kier alpha value is -1.16. The molecule has 0 saturated carbocycles. The first kappa shape index (κ1) is 10.8. The van der Waals surface area contributed by atoms with Crippen molar-refractivity contribution >= 4 is 11.7 Å². The van der Waals surface area contributed by atoms with Crippen LogP contribution in [0.15, 0.2) is 12.2 Å². The minimum Gasteiger partial charge on any atom is -0.383 e. The Morgan fingerprint density at radius 3 is 2.58 bits per heavy atom. The molecule has 0 rings (SSSR count). The van der Waals surface area contributed by atoms with E-state index in [4.69, 9.17) is 4.74 Å². The van der Waals surface area contributed by atoms with Crippen molar-refractivity contribution in [1.29, 1.82) is 0 Å². The van der Waals surface area contributed by atoms with Crippen LogP contribution in [0.25, 0.3) is 0 Å². The second-order valence-corrected chi connectivity index (χ2v) is 2.23. The van der Waals surface area contributed by atoms with Gasteiger partial charge in [-0.25, -0.2) is 0 Å². The summed E-state index contributed by atoms with van der Waals surface area (Å²) in [7, 11) is 1.55. The Balaban J connectivity index is 3.53. The van der Waals surface area contributed by atoms with Crippen LogP contribution in [-0.4, -0.2) is 32.0 Å². The fraction of sp³-hybridized carbons (Fsp3) is 0.500. The number of carbonyl (C=O) groups excluding carboxylic acids is 2. The van der Waals surface area contributed by atoms with E-state index in [0.29, 0.717) is 13.2 Å². The summed E-state index contributed by atoms with van der Waals surface area (Å²) in [6, 6.07) is 0. The maximum absolute atomic E-state index is 10.8. The molecule has 4 nitrogen and oxygen atoms in total. The maximum Gasteiger partial charge on any atom is 0.244 e. The van der Waals surface area contributed by atoms with E-state index in [9.17, 15) is 9.59 Å². The highest BCUT2D eigenvalue weighted by molar-refractivity contribution is 5.96. The third kappa shape index (κ3) is 6.95. The third-order valence-electron chi connectivity index (χ3n) is 1.07. The average Bonchev–Trinajstić information content (AvgIpc) is 2.01. The molecule has 0 heterocycles. The highest BCUT2D eigenvalue weighted by Crippen LogP contribution is 1.75. The second-order valence-electron chi connectivity index (χ2n) is 2.23. The molecular weight excluding hydrogens is 158 g/mol. The summed E-state index contributed by atoms with van der Waals surface area (Å²) in [6.45, 7) is 2.32. The molecular formula is C8H13NO3. The number of nitrogens with one attached hydrogen (secondary N) is 1. The summed E-state index contributed by atoms with van der Waals surface area (Å²) in [4.78, 5) is 21.2. The summed E-state index contributed by atoms with van der Waals surface area (Å²) in [5, 5.41) is 2.54. The summed E-state index contributed by atoms with van der Waals surface area (Å²) in [5.41, 5.74) is 0. The standard InChI is InChI=1S/C8H13NO3/c1-7(10)3-4-8(11)9-5-6-12-2/h3-4H,5-6H2,1-2H3,(H,9,11)/b4-3+. The summed E-state index contributed by atoms with van der Waals surface area (Å²) >= 11 is 0. The van der Waals surface area contributed by atoms with Gasteiger partial charge in [-0.2, -0.15) is 0 Å². The molecule has 0 aromatic carbocycles. The van der Waals surface area contributed by atoms with Crippen LogP contribution in [-0.2, 0) is 14.3 Å². The van der Waals surface area contributed by atoms with Gasteiger partial charge < -0.3 is 10.1 Å². The predicted molar refractivity (Wildman–Crippen MR) is 44.7 cm³/mol. The van der Waals surface area contributed by atoms with E-state index < -0.39 is 0 Å². The molecule has 0 aromatic heterocycles. The zero-order chi connectivity index (χ0) is 9.40. The topological polar surface area (TPSA) is 55.4 Å². The fourth-order valence-corrected chi connectivity index (χ4v) is 0.528. The molecule has 0 spiro atoms. The monoisotopic (exact) mass is 171 g/mol. The minimum atomic E-state index is -0.276. The Kier molecular flexibility index (Phi) is 5.91. The number of hydrogen-bond acceptors (Lipinski definition) is 3. The number of amides is 1.